The van der Waals surface area contributed by atoms with E-state index >= 15 is 0 Å². The van der Waals surface area contributed by atoms with Crippen molar-refractivity contribution in [1.82, 2.24) is 10.3 Å². The number of nitrogens with one attached hydrogen (secondary N) is 2. The molecule has 8 heteroatoms. The lowest BCUT2D eigenvalue weighted by Gasteiger charge is -2.14. The monoisotopic (exact) mass is 447 g/mol. The minimum Gasteiger partial charge on any atom is -0.496 e. The highest BCUT2D eigenvalue weighted by Gasteiger charge is 2.19. The predicted octanol–water partition coefficient (Wildman–Crippen LogP) is 4.95. The van der Waals surface area contributed by atoms with Gasteiger partial charge in [-0.15, -0.1) is 0 Å². The summed E-state index contributed by atoms with van der Waals surface area (Å²) in [7, 11) is 2.98. The van der Waals surface area contributed by atoms with Gasteiger partial charge < -0.3 is 19.2 Å². The van der Waals surface area contributed by atoms with Gasteiger partial charge >= 0.3 is 0 Å². The maximum atomic E-state index is 12.7. The molecule has 0 aliphatic rings. The first kappa shape index (κ1) is 21.3. The normalized spacial score (nSPS) is 10.6. The van der Waals surface area contributed by atoms with E-state index in [1.807, 2.05) is 49.4 Å². The van der Waals surface area contributed by atoms with Crippen molar-refractivity contribution in [2.75, 3.05) is 19.5 Å². The average molecular weight is 448 g/mol. The fraction of sp³-hybridized carbons (Fsp3) is 0.125. The Balaban J connectivity index is 1.45. The number of fused-ring (bicyclic) bond motifs is 1. The number of hydrogen-bond donors (Lipinski definition) is 2. The summed E-state index contributed by atoms with van der Waals surface area (Å²) in [5, 5.41) is 5.80. The Bertz CT molecular complexity index is 1280. The molecule has 162 valence electrons. The van der Waals surface area contributed by atoms with Crippen LogP contribution in [-0.4, -0.2) is 30.2 Å². The van der Waals surface area contributed by atoms with Crippen molar-refractivity contribution in [1.29, 1.82) is 0 Å². The van der Waals surface area contributed by atoms with E-state index in [1.165, 1.54) is 14.2 Å². The van der Waals surface area contributed by atoms with Crippen molar-refractivity contribution >= 4 is 40.0 Å². The lowest BCUT2D eigenvalue weighted by Crippen LogP contribution is -2.34. The molecule has 0 saturated heterocycles. The van der Waals surface area contributed by atoms with Gasteiger partial charge in [-0.05, 0) is 73.2 Å². The third-order valence-corrected chi connectivity index (χ3v) is 5.02. The van der Waals surface area contributed by atoms with Gasteiger partial charge in [0.25, 0.3) is 5.91 Å². The number of amides is 1. The maximum absolute atomic E-state index is 12.7. The molecule has 0 atom stereocenters. The number of hydrogen-bond acceptors (Lipinski definition) is 6. The zero-order chi connectivity index (χ0) is 22.7. The van der Waals surface area contributed by atoms with Crippen LogP contribution in [0.15, 0.2) is 65.1 Å². The van der Waals surface area contributed by atoms with Gasteiger partial charge in [0, 0.05) is 11.3 Å². The number of carbonyl (C=O) groups excluding carboxylic acids is 1. The highest BCUT2D eigenvalue weighted by atomic mass is 32.1. The van der Waals surface area contributed by atoms with E-state index in [9.17, 15) is 4.79 Å². The van der Waals surface area contributed by atoms with Crippen molar-refractivity contribution in [3.8, 4) is 23.0 Å². The number of aromatic nitrogens is 1. The SMILES string of the molecule is COc1cccc(OC)c1C(=O)NC(=S)Nc1ccc(-c2nc3cc(C)ccc3o2)cc1. The van der Waals surface area contributed by atoms with Crippen molar-refractivity contribution in [3.63, 3.8) is 0 Å². The predicted molar refractivity (Wildman–Crippen MR) is 127 cm³/mol. The minimum absolute atomic E-state index is 0.146. The Morgan fingerprint density at radius 2 is 1.69 bits per heavy atom. The molecule has 2 N–H and O–H groups in total. The number of thiocarbonyl (C=S) groups is 1. The Labute approximate surface area is 190 Å². The van der Waals surface area contributed by atoms with Crippen LogP contribution >= 0.6 is 12.2 Å². The van der Waals surface area contributed by atoms with E-state index in [4.69, 9.17) is 26.1 Å². The Kier molecular flexibility index (Phi) is 6.04. The van der Waals surface area contributed by atoms with Gasteiger partial charge in [0.15, 0.2) is 10.7 Å². The molecule has 0 fully saturated rings. The van der Waals surface area contributed by atoms with E-state index in [2.05, 4.69) is 15.6 Å². The summed E-state index contributed by atoms with van der Waals surface area (Å²) in [6.45, 7) is 2.01. The van der Waals surface area contributed by atoms with E-state index in [0.29, 0.717) is 23.1 Å². The molecule has 3 aromatic carbocycles. The van der Waals surface area contributed by atoms with Crippen molar-refractivity contribution in [2.45, 2.75) is 6.92 Å². The molecule has 4 rings (SSSR count). The number of carbonyl (C=O) groups is 1. The zero-order valence-electron chi connectivity index (χ0n) is 17.8. The molecule has 4 aromatic rings. The summed E-state index contributed by atoms with van der Waals surface area (Å²) >= 11 is 5.30. The van der Waals surface area contributed by atoms with Gasteiger partial charge in [0.1, 0.15) is 22.6 Å². The molecule has 0 spiro atoms. The van der Waals surface area contributed by atoms with Crippen LogP contribution in [0, 0.1) is 6.92 Å². The molecule has 32 heavy (non-hydrogen) atoms. The lowest BCUT2D eigenvalue weighted by molar-refractivity contribution is 0.0971. The number of ether oxygens (including phenoxy) is 2. The third-order valence-electron chi connectivity index (χ3n) is 4.81. The topological polar surface area (TPSA) is 85.6 Å². The maximum Gasteiger partial charge on any atom is 0.264 e. The molecule has 0 saturated carbocycles. The zero-order valence-corrected chi connectivity index (χ0v) is 18.6. The van der Waals surface area contributed by atoms with Gasteiger partial charge in [-0.3, -0.25) is 10.1 Å². The summed E-state index contributed by atoms with van der Waals surface area (Å²) in [6, 6.07) is 18.4. The Morgan fingerprint density at radius 1 is 1.00 bits per heavy atom. The average Bonchev–Trinajstić information content (AvgIpc) is 3.21. The quantitative estimate of drug-likeness (QED) is 0.419. The van der Waals surface area contributed by atoms with Gasteiger partial charge in [-0.25, -0.2) is 4.98 Å². The fourth-order valence-corrected chi connectivity index (χ4v) is 3.47. The van der Waals surface area contributed by atoms with Crippen LogP contribution in [0.5, 0.6) is 11.5 Å². The highest BCUT2D eigenvalue weighted by molar-refractivity contribution is 7.80. The summed E-state index contributed by atoms with van der Waals surface area (Å²) in [4.78, 5) is 17.3. The second-order valence-corrected chi connectivity index (χ2v) is 7.42. The summed E-state index contributed by atoms with van der Waals surface area (Å²) in [6.07, 6.45) is 0. The van der Waals surface area contributed by atoms with Crippen molar-refractivity contribution in [3.05, 3.63) is 71.8 Å². The minimum atomic E-state index is -0.435. The number of methoxy groups -OCH3 is 2. The van der Waals surface area contributed by atoms with E-state index in [-0.39, 0.29) is 10.7 Å². The number of oxazole rings is 1. The first-order chi connectivity index (χ1) is 15.5. The van der Waals surface area contributed by atoms with Crippen LogP contribution in [0.2, 0.25) is 0 Å². The molecule has 7 nitrogen and oxygen atoms in total. The number of benzene rings is 3. The molecule has 0 aliphatic carbocycles. The van der Waals surface area contributed by atoms with Gasteiger partial charge in [-0.2, -0.15) is 0 Å². The molecular weight excluding hydrogens is 426 g/mol. The number of anilines is 1. The lowest BCUT2D eigenvalue weighted by atomic mass is 10.1. The third kappa shape index (κ3) is 4.40. The molecule has 1 aromatic heterocycles. The van der Waals surface area contributed by atoms with Crippen LogP contribution < -0.4 is 20.1 Å². The summed E-state index contributed by atoms with van der Waals surface area (Å²) in [5.41, 5.74) is 4.49. The Hall–Kier alpha value is -3.91. The smallest absolute Gasteiger partial charge is 0.264 e. The van der Waals surface area contributed by atoms with Crippen LogP contribution in [0.4, 0.5) is 5.69 Å². The molecule has 0 radical (unpaired) electrons. The van der Waals surface area contributed by atoms with E-state index in [1.54, 1.807) is 18.2 Å². The first-order valence-electron chi connectivity index (χ1n) is 9.79. The van der Waals surface area contributed by atoms with Crippen LogP contribution in [0.1, 0.15) is 15.9 Å². The fourth-order valence-electron chi connectivity index (χ4n) is 3.26. The van der Waals surface area contributed by atoms with Crippen molar-refractivity contribution in [2.24, 2.45) is 0 Å². The van der Waals surface area contributed by atoms with Gasteiger partial charge in [0.05, 0.1) is 14.2 Å². The number of rotatable bonds is 5. The van der Waals surface area contributed by atoms with E-state index in [0.717, 1.165) is 22.2 Å². The van der Waals surface area contributed by atoms with Gasteiger partial charge in [-0.1, -0.05) is 12.1 Å². The molecule has 1 amide bonds. The standard InChI is InChI=1S/C24H21N3O4S/c1-14-7-12-18-17(13-14)26-23(31-18)15-8-10-16(11-9-15)25-24(32)27-22(28)21-19(29-2)5-4-6-20(21)30-3/h4-13H,1-3H3,(H2,25,27,28,32). The molecular formula is C24H21N3O4S. The summed E-state index contributed by atoms with van der Waals surface area (Å²) < 4.78 is 16.4. The number of aryl methyl sites for hydroxylation is 1. The molecule has 0 unspecified atom stereocenters. The van der Waals surface area contributed by atoms with Crippen LogP contribution in [-0.2, 0) is 0 Å². The second kappa shape index (κ2) is 9.07. The largest absolute Gasteiger partial charge is 0.496 e. The molecule has 0 aliphatic heterocycles. The second-order valence-electron chi connectivity index (χ2n) is 7.01. The molecule has 1 heterocycles. The summed E-state index contributed by atoms with van der Waals surface area (Å²) in [5.74, 6) is 0.886. The van der Waals surface area contributed by atoms with Crippen LogP contribution in [0.3, 0.4) is 0 Å². The van der Waals surface area contributed by atoms with Crippen LogP contribution in [0.25, 0.3) is 22.6 Å². The molecule has 0 bridgehead atoms. The van der Waals surface area contributed by atoms with Gasteiger partial charge in [0.2, 0.25) is 5.89 Å². The highest BCUT2D eigenvalue weighted by Crippen LogP contribution is 2.28. The first-order valence-corrected chi connectivity index (χ1v) is 10.2. The number of nitrogens with zero attached hydrogens (tertiary/aromatic N) is 1. The Morgan fingerprint density at radius 3 is 2.34 bits per heavy atom. The van der Waals surface area contributed by atoms with Crippen molar-refractivity contribution < 1.29 is 18.7 Å². The van der Waals surface area contributed by atoms with E-state index < -0.39 is 5.91 Å².